The Morgan fingerprint density at radius 3 is 2.75 bits per heavy atom. The maximum absolute atomic E-state index is 11.4. The van der Waals surface area contributed by atoms with Crippen LogP contribution >= 0.6 is 15.9 Å². The quantitative estimate of drug-likeness (QED) is 0.541. The summed E-state index contributed by atoms with van der Waals surface area (Å²) in [7, 11) is 1.47. The number of rotatable bonds is 4. The summed E-state index contributed by atoms with van der Waals surface area (Å²) in [6.07, 6.45) is 1.48. The summed E-state index contributed by atoms with van der Waals surface area (Å²) >= 11 is 3.28. The second kappa shape index (κ2) is 7.00. The van der Waals surface area contributed by atoms with Gasteiger partial charge < -0.3 is 9.84 Å². The summed E-state index contributed by atoms with van der Waals surface area (Å²) in [6, 6.07) is 3.34. The average Bonchev–Trinajstić information content (AvgIpc) is 2.50. The molecule has 0 saturated carbocycles. The average molecular weight is 396 g/mol. The van der Waals surface area contributed by atoms with Crippen molar-refractivity contribution in [3.63, 3.8) is 0 Å². The van der Waals surface area contributed by atoms with Gasteiger partial charge in [-0.05, 0) is 28.1 Å². The lowest BCUT2D eigenvalue weighted by Crippen LogP contribution is -2.24. The Labute approximate surface area is 147 Å². The van der Waals surface area contributed by atoms with E-state index in [1.54, 1.807) is 12.1 Å². The third-order valence-corrected chi connectivity index (χ3v) is 3.95. The normalized spacial score (nSPS) is 11.7. The largest absolute Gasteiger partial charge is 0.503 e. The Morgan fingerprint density at radius 2 is 2.12 bits per heavy atom. The number of anilines is 1. The fourth-order valence-corrected chi connectivity index (χ4v) is 2.36. The van der Waals surface area contributed by atoms with E-state index in [2.05, 4.69) is 41.6 Å². The van der Waals surface area contributed by atoms with Crippen molar-refractivity contribution in [1.82, 2.24) is 15.2 Å². The first kappa shape index (κ1) is 17.9. The van der Waals surface area contributed by atoms with Crippen molar-refractivity contribution >= 4 is 28.0 Å². The molecule has 0 fully saturated rings. The molecule has 9 heteroatoms. The van der Waals surface area contributed by atoms with E-state index in [1.165, 1.54) is 13.3 Å². The fourth-order valence-electron chi connectivity index (χ4n) is 1.93. The molecule has 0 bridgehead atoms. The topological polar surface area (TPSA) is 112 Å². The van der Waals surface area contributed by atoms with E-state index in [-0.39, 0.29) is 17.0 Å². The van der Waals surface area contributed by atoms with Gasteiger partial charge >= 0.3 is 5.69 Å². The third-order valence-electron chi connectivity index (χ3n) is 3.11. The van der Waals surface area contributed by atoms with Crippen LogP contribution in [0.25, 0.3) is 0 Å². The van der Waals surface area contributed by atoms with Crippen molar-refractivity contribution in [1.29, 1.82) is 0 Å². The minimum absolute atomic E-state index is 0.0206. The number of hydrogen-bond acceptors (Lipinski definition) is 7. The van der Waals surface area contributed by atoms with Gasteiger partial charge in [0.05, 0.1) is 17.8 Å². The second-order valence-electron chi connectivity index (χ2n) is 5.98. The lowest BCUT2D eigenvalue weighted by atomic mass is 9.92. The van der Waals surface area contributed by atoms with Gasteiger partial charge in [-0.2, -0.15) is 15.2 Å². The first-order chi connectivity index (χ1) is 11.2. The molecule has 8 nitrogen and oxygen atoms in total. The number of methoxy groups -OCH3 is 1. The third kappa shape index (κ3) is 3.91. The first-order valence-corrected chi connectivity index (χ1v) is 7.85. The predicted octanol–water partition coefficient (Wildman–Crippen LogP) is 2.39. The molecule has 0 atom stereocenters. The Morgan fingerprint density at radius 1 is 1.42 bits per heavy atom. The van der Waals surface area contributed by atoms with E-state index in [9.17, 15) is 9.90 Å². The highest BCUT2D eigenvalue weighted by molar-refractivity contribution is 9.10. The number of benzene rings is 1. The van der Waals surface area contributed by atoms with Crippen molar-refractivity contribution in [2.24, 2.45) is 5.10 Å². The molecule has 0 amide bonds. The van der Waals surface area contributed by atoms with Gasteiger partial charge in [-0.25, -0.2) is 9.89 Å². The fraction of sp³-hybridized carbons (Fsp3) is 0.333. The summed E-state index contributed by atoms with van der Waals surface area (Å²) in [4.78, 5) is 15.3. The van der Waals surface area contributed by atoms with Crippen LogP contribution in [0.15, 0.2) is 26.5 Å². The van der Waals surface area contributed by atoms with E-state index in [4.69, 9.17) is 4.74 Å². The van der Waals surface area contributed by atoms with Crippen LogP contribution in [0, 0.1) is 0 Å². The van der Waals surface area contributed by atoms with Crippen LogP contribution in [0.3, 0.4) is 0 Å². The number of hydrogen-bond donors (Lipinski definition) is 3. The van der Waals surface area contributed by atoms with Crippen LogP contribution < -0.4 is 15.9 Å². The van der Waals surface area contributed by atoms with Gasteiger partial charge in [0.2, 0.25) is 0 Å². The van der Waals surface area contributed by atoms with Gasteiger partial charge in [0.1, 0.15) is 5.69 Å². The van der Waals surface area contributed by atoms with E-state index in [1.807, 2.05) is 20.8 Å². The van der Waals surface area contributed by atoms with Gasteiger partial charge in [-0.3, -0.25) is 5.43 Å². The first-order valence-electron chi connectivity index (χ1n) is 7.05. The summed E-state index contributed by atoms with van der Waals surface area (Å²) in [6.45, 7) is 5.84. The van der Waals surface area contributed by atoms with Crippen LogP contribution in [-0.4, -0.2) is 33.6 Å². The zero-order valence-electron chi connectivity index (χ0n) is 13.7. The standard InChI is InChI=1S/C15H18BrN5O3/c1-15(2,3)12-13(18-14(23)21-19-12)20-17-7-8-5-6-9(24-4)11(22)10(8)16/h5-7,22H,1-4H3,(H2,18,20,21,23)/b17-7+. The van der Waals surface area contributed by atoms with E-state index >= 15 is 0 Å². The maximum atomic E-state index is 11.4. The van der Waals surface area contributed by atoms with Crippen LogP contribution in [0.2, 0.25) is 0 Å². The molecule has 1 heterocycles. The van der Waals surface area contributed by atoms with Gasteiger partial charge in [-0.1, -0.05) is 20.8 Å². The molecule has 3 N–H and O–H groups in total. The second-order valence-corrected chi connectivity index (χ2v) is 6.77. The number of hydrazone groups is 1. The number of nitrogens with one attached hydrogen (secondary N) is 2. The summed E-state index contributed by atoms with van der Waals surface area (Å²) in [5.74, 6) is 0.603. The molecule has 2 aromatic rings. The van der Waals surface area contributed by atoms with Gasteiger partial charge in [0, 0.05) is 11.0 Å². The molecule has 1 aromatic heterocycles. The number of ether oxygens (including phenoxy) is 1. The van der Waals surface area contributed by atoms with E-state index < -0.39 is 5.69 Å². The minimum Gasteiger partial charge on any atom is -0.503 e. The highest BCUT2D eigenvalue weighted by Gasteiger charge is 2.21. The Hall–Kier alpha value is -2.42. The molecule has 128 valence electrons. The van der Waals surface area contributed by atoms with Crippen molar-refractivity contribution in [2.45, 2.75) is 26.2 Å². The molecule has 0 radical (unpaired) electrons. The summed E-state index contributed by atoms with van der Waals surface area (Å²) in [5.41, 5.74) is 3.04. The Bertz CT molecular complexity index is 827. The van der Waals surface area contributed by atoms with E-state index in [0.717, 1.165) is 0 Å². The molecular formula is C15H18BrN5O3. The lowest BCUT2D eigenvalue weighted by molar-refractivity contribution is 0.372. The molecule has 0 aliphatic carbocycles. The molecule has 0 spiro atoms. The SMILES string of the molecule is COc1ccc(/C=N/Nc2nc(=O)[nH]nc2C(C)(C)C)c(Br)c1O. The zero-order valence-corrected chi connectivity index (χ0v) is 15.3. The van der Waals surface area contributed by atoms with Crippen molar-refractivity contribution < 1.29 is 9.84 Å². The number of phenols is 1. The molecule has 24 heavy (non-hydrogen) atoms. The number of phenolic OH excluding ortho intramolecular Hbond substituents is 1. The summed E-state index contributed by atoms with van der Waals surface area (Å²) in [5, 5.41) is 20.4. The lowest BCUT2D eigenvalue weighted by Gasteiger charge is -2.18. The maximum Gasteiger partial charge on any atom is 0.363 e. The molecule has 0 unspecified atom stereocenters. The number of H-pyrrole nitrogens is 1. The number of halogens is 1. The van der Waals surface area contributed by atoms with Crippen molar-refractivity contribution in [3.05, 3.63) is 38.3 Å². The molecular weight excluding hydrogens is 378 g/mol. The minimum atomic E-state index is -0.566. The van der Waals surface area contributed by atoms with Gasteiger partial charge in [0.15, 0.2) is 17.3 Å². The monoisotopic (exact) mass is 395 g/mol. The van der Waals surface area contributed by atoms with Crippen LogP contribution in [0.5, 0.6) is 11.5 Å². The van der Waals surface area contributed by atoms with Crippen LogP contribution in [0.4, 0.5) is 5.82 Å². The van der Waals surface area contributed by atoms with Gasteiger partial charge in [0.25, 0.3) is 0 Å². The van der Waals surface area contributed by atoms with Crippen molar-refractivity contribution in [3.8, 4) is 11.5 Å². The summed E-state index contributed by atoms with van der Waals surface area (Å²) < 4.78 is 5.47. The van der Waals surface area contributed by atoms with Crippen molar-refractivity contribution in [2.75, 3.05) is 12.5 Å². The molecule has 2 rings (SSSR count). The van der Waals surface area contributed by atoms with E-state index in [0.29, 0.717) is 21.5 Å². The predicted molar refractivity (Wildman–Crippen MR) is 94.9 cm³/mol. The smallest absolute Gasteiger partial charge is 0.363 e. The molecule has 0 aliphatic heterocycles. The van der Waals surface area contributed by atoms with Crippen LogP contribution in [0.1, 0.15) is 32.0 Å². The van der Waals surface area contributed by atoms with Gasteiger partial charge in [-0.15, -0.1) is 0 Å². The van der Waals surface area contributed by atoms with Crippen LogP contribution in [-0.2, 0) is 5.41 Å². The Kier molecular flexibility index (Phi) is 5.23. The highest BCUT2D eigenvalue weighted by atomic mass is 79.9. The Balaban J connectivity index is 2.29. The number of aromatic hydroxyl groups is 1. The number of nitrogens with zero attached hydrogens (tertiary/aromatic N) is 3. The highest BCUT2D eigenvalue weighted by Crippen LogP contribution is 2.35. The zero-order chi connectivity index (χ0) is 17.9. The number of aromatic nitrogens is 3. The molecule has 0 aliphatic rings. The number of aromatic amines is 1. The molecule has 1 aromatic carbocycles. The molecule has 0 saturated heterocycles.